The Labute approximate surface area is 120 Å². The van der Waals surface area contributed by atoms with Gasteiger partial charge in [-0.3, -0.25) is 0 Å². The Bertz CT molecular complexity index is 411. The number of nitrogens with zero attached hydrogens (tertiary/aromatic N) is 1. The van der Waals surface area contributed by atoms with Gasteiger partial charge in [0.1, 0.15) is 0 Å². The van der Waals surface area contributed by atoms with Crippen molar-refractivity contribution in [1.82, 2.24) is 5.32 Å². The van der Waals surface area contributed by atoms with Gasteiger partial charge in [-0.05, 0) is 24.6 Å². The number of hydrogen-bond donors (Lipinski definition) is 1. The summed E-state index contributed by atoms with van der Waals surface area (Å²) in [4.78, 5) is 2.42. The molecule has 1 heterocycles. The number of ether oxygens (including phenoxy) is 1. The first-order valence-electron chi connectivity index (χ1n) is 7.10. The van der Waals surface area contributed by atoms with Gasteiger partial charge >= 0.3 is 0 Å². The van der Waals surface area contributed by atoms with Gasteiger partial charge in [-0.15, -0.1) is 0 Å². The van der Waals surface area contributed by atoms with Crippen molar-refractivity contribution >= 4 is 17.3 Å². The van der Waals surface area contributed by atoms with Gasteiger partial charge in [-0.25, -0.2) is 0 Å². The van der Waals surface area contributed by atoms with Crippen molar-refractivity contribution in [1.29, 1.82) is 0 Å². The molecule has 1 unspecified atom stereocenters. The lowest BCUT2D eigenvalue weighted by molar-refractivity contribution is 0.0929. The highest BCUT2D eigenvalue weighted by atomic mass is 35.5. The van der Waals surface area contributed by atoms with Crippen LogP contribution in [0.5, 0.6) is 0 Å². The van der Waals surface area contributed by atoms with E-state index in [2.05, 4.69) is 30.1 Å². The van der Waals surface area contributed by atoms with Crippen molar-refractivity contribution in [2.75, 3.05) is 31.2 Å². The number of anilines is 1. The third-order valence-electron chi connectivity index (χ3n) is 3.62. The maximum Gasteiger partial charge on any atom is 0.0670 e. The molecule has 0 radical (unpaired) electrons. The third kappa shape index (κ3) is 3.41. The molecule has 1 aromatic rings. The molecule has 1 fully saturated rings. The predicted octanol–water partition coefficient (Wildman–Crippen LogP) is 3.06. The van der Waals surface area contributed by atoms with Gasteiger partial charge < -0.3 is 15.0 Å². The SMILES string of the molecule is CCNCc1cccc(Cl)c1N1CCOCC1CC. The van der Waals surface area contributed by atoms with Crippen LogP contribution in [0.3, 0.4) is 0 Å². The zero-order valence-electron chi connectivity index (χ0n) is 11.8. The Balaban J connectivity index is 2.30. The minimum absolute atomic E-state index is 0.425. The summed E-state index contributed by atoms with van der Waals surface area (Å²) in [7, 11) is 0. The van der Waals surface area contributed by atoms with Gasteiger partial charge in [0.25, 0.3) is 0 Å². The van der Waals surface area contributed by atoms with Crippen molar-refractivity contribution < 1.29 is 4.74 Å². The summed E-state index contributed by atoms with van der Waals surface area (Å²) >= 11 is 6.45. The Morgan fingerprint density at radius 3 is 3.00 bits per heavy atom. The molecule has 0 amide bonds. The highest BCUT2D eigenvalue weighted by molar-refractivity contribution is 6.33. The van der Waals surface area contributed by atoms with E-state index >= 15 is 0 Å². The van der Waals surface area contributed by atoms with Gasteiger partial charge in [0.2, 0.25) is 0 Å². The van der Waals surface area contributed by atoms with Gasteiger partial charge in [0.05, 0.1) is 30.0 Å². The predicted molar refractivity (Wildman–Crippen MR) is 81.1 cm³/mol. The van der Waals surface area contributed by atoms with Crippen molar-refractivity contribution in [2.24, 2.45) is 0 Å². The number of morpholine rings is 1. The molecule has 0 aliphatic carbocycles. The van der Waals surface area contributed by atoms with Crippen LogP contribution in [0, 0.1) is 0 Å². The molecule has 1 N–H and O–H groups in total. The molecule has 4 heteroatoms. The Morgan fingerprint density at radius 2 is 2.26 bits per heavy atom. The molecule has 0 spiro atoms. The van der Waals surface area contributed by atoms with E-state index in [1.54, 1.807) is 0 Å². The maximum atomic E-state index is 6.45. The summed E-state index contributed by atoms with van der Waals surface area (Å²) in [5.41, 5.74) is 2.45. The van der Waals surface area contributed by atoms with E-state index in [9.17, 15) is 0 Å². The zero-order valence-corrected chi connectivity index (χ0v) is 12.5. The van der Waals surface area contributed by atoms with Crippen molar-refractivity contribution in [2.45, 2.75) is 32.9 Å². The summed E-state index contributed by atoms with van der Waals surface area (Å²) in [5, 5.41) is 4.23. The molecule has 2 rings (SSSR count). The fraction of sp³-hybridized carbons (Fsp3) is 0.600. The minimum Gasteiger partial charge on any atom is -0.377 e. The van der Waals surface area contributed by atoms with Crippen LogP contribution in [0.15, 0.2) is 18.2 Å². The fourth-order valence-electron chi connectivity index (χ4n) is 2.57. The van der Waals surface area contributed by atoms with E-state index in [0.717, 1.165) is 44.3 Å². The summed E-state index contributed by atoms with van der Waals surface area (Å²) in [6.07, 6.45) is 1.08. The first kappa shape index (κ1) is 14.6. The molecular formula is C15H23ClN2O. The van der Waals surface area contributed by atoms with Gasteiger partial charge in [0, 0.05) is 13.1 Å². The summed E-state index contributed by atoms with van der Waals surface area (Å²) < 4.78 is 5.59. The highest BCUT2D eigenvalue weighted by Crippen LogP contribution is 2.33. The average Bonchev–Trinajstić information content (AvgIpc) is 2.45. The van der Waals surface area contributed by atoms with Crippen molar-refractivity contribution in [3.63, 3.8) is 0 Å². The lowest BCUT2D eigenvalue weighted by Gasteiger charge is -2.38. The molecule has 106 valence electrons. The van der Waals surface area contributed by atoms with Crippen LogP contribution < -0.4 is 10.2 Å². The molecule has 1 saturated heterocycles. The highest BCUT2D eigenvalue weighted by Gasteiger charge is 2.25. The minimum atomic E-state index is 0.425. The van der Waals surface area contributed by atoms with E-state index in [-0.39, 0.29) is 0 Å². The second-order valence-electron chi connectivity index (χ2n) is 4.86. The molecule has 3 nitrogen and oxygen atoms in total. The smallest absolute Gasteiger partial charge is 0.0670 e. The van der Waals surface area contributed by atoms with Crippen LogP contribution in [0.2, 0.25) is 5.02 Å². The van der Waals surface area contributed by atoms with Crippen molar-refractivity contribution in [3.8, 4) is 0 Å². The molecule has 0 aromatic heterocycles. The van der Waals surface area contributed by atoms with E-state index in [1.165, 1.54) is 11.3 Å². The molecule has 1 aromatic carbocycles. The number of halogens is 1. The van der Waals surface area contributed by atoms with Crippen LogP contribution in [-0.4, -0.2) is 32.3 Å². The van der Waals surface area contributed by atoms with Gasteiger partial charge in [0.15, 0.2) is 0 Å². The second kappa shape index (κ2) is 7.13. The quantitative estimate of drug-likeness (QED) is 0.898. The van der Waals surface area contributed by atoms with E-state index in [0.29, 0.717) is 6.04 Å². The zero-order chi connectivity index (χ0) is 13.7. The molecule has 1 aliphatic heterocycles. The lowest BCUT2D eigenvalue weighted by atomic mass is 10.1. The van der Waals surface area contributed by atoms with Crippen LogP contribution in [0.4, 0.5) is 5.69 Å². The number of hydrogen-bond acceptors (Lipinski definition) is 3. The summed E-state index contributed by atoms with van der Waals surface area (Å²) in [5.74, 6) is 0. The normalized spacial score (nSPS) is 19.7. The van der Waals surface area contributed by atoms with Crippen LogP contribution in [-0.2, 0) is 11.3 Å². The molecule has 0 bridgehead atoms. The van der Waals surface area contributed by atoms with Crippen LogP contribution in [0.25, 0.3) is 0 Å². The molecule has 0 saturated carbocycles. The van der Waals surface area contributed by atoms with E-state index in [1.807, 2.05) is 12.1 Å². The topological polar surface area (TPSA) is 24.5 Å². The van der Waals surface area contributed by atoms with Gasteiger partial charge in [-0.2, -0.15) is 0 Å². The Hall–Kier alpha value is -0.770. The number of nitrogens with one attached hydrogen (secondary N) is 1. The summed E-state index contributed by atoms with van der Waals surface area (Å²) in [6.45, 7) is 8.64. The largest absolute Gasteiger partial charge is 0.377 e. The molecular weight excluding hydrogens is 260 g/mol. The van der Waals surface area contributed by atoms with E-state index < -0.39 is 0 Å². The fourth-order valence-corrected chi connectivity index (χ4v) is 2.87. The lowest BCUT2D eigenvalue weighted by Crippen LogP contribution is -2.45. The van der Waals surface area contributed by atoms with Crippen LogP contribution >= 0.6 is 11.6 Å². The average molecular weight is 283 g/mol. The third-order valence-corrected chi connectivity index (χ3v) is 3.93. The number of benzene rings is 1. The van der Waals surface area contributed by atoms with E-state index in [4.69, 9.17) is 16.3 Å². The monoisotopic (exact) mass is 282 g/mol. The maximum absolute atomic E-state index is 6.45. The standard InChI is InChI=1S/C15H23ClN2O/c1-3-13-11-19-9-8-18(13)15-12(10-17-4-2)6-5-7-14(15)16/h5-7,13,17H,3-4,8-11H2,1-2H3. The number of rotatable bonds is 5. The number of para-hydroxylation sites is 1. The molecule has 19 heavy (non-hydrogen) atoms. The van der Waals surface area contributed by atoms with Crippen molar-refractivity contribution in [3.05, 3.63) is 28.8 Å². The second-order valence-corrected chi connectivity index (χ2v) is 5.27. The molecule has 1 aliphatic rings. The Kier molecular flexibility index (Phi) is 5.49. The molecule has 1 atom stereocenters. The summed E-state index contributed by atoms with van der Waals surface area (Å²) in [6, 6.07) is 6.59. The van der Waals surface area contributed by atoms with Crippen LogP contribution in [0.1, 0.15) is 25.8 Å². The first-order valence-corrected chi connectivity index (χ1v) is 7.48. The van der Waals surface area contributed by atoms with Gasteiger partial charge in [-0.1, -0.05) is 37.6 Å². The Morgan fingerprint density at radius 1 is 1.42 bits per heavy atom. The first-order chi connectivity index (χ1) is 9.27.